The van der Waals surface area contributed by atoms with Gasteiger partial charge in [-0.3, -0.25) is 4.98 Å². The Hall–Kier alpha value is -2.10. The molecule has 4 heteroatoms. The number of aromatic nitrogens is 1. The predicted octanol–water partition coefficient (Wildman–Crippen LogP) is 1.52. The number of fused-ring (bicyclic) bond motifs is 1. The van der Waals surface area contributed by atoms with Crippen molar-refractivity contribution in [3.63, 3.8) is 0 Å². The lowest BCUT2D eigenvalue weighted by Gasteiger charge is -2.03. The highest BCUT2D eigenvalue weighted by Crippen LogP contribution is 2.22. The lowest BCUT2D eigenvalue weighted by molar-refractivity contribution is 0.0699. The molecule has 1 heterocycles. The van der Waals surface area contributed by atoms with Crippen LogP contribution >= 0.6 is 0 Å². The van der Waals surface area contributed by atoms with Gasteiger partial charge in [0, 0.05) is 17.3 Å². The Morgan fingerprint density at radius 1 is 1.36 bits per heavy atom. The number of aromatic carboxylic acids is 1. The maximum Gasteiger partial charge on any atom is 0.336 e. The highest BCUT2D eigenvalue weighted by Gasteiger charge is 2.10. The zero-order valence-corrected chi connectivity index (χ0v) is 7.27. The van der Waals surface area contributed by atoms with E-state index < -0.39 is 5.97 Å². The fraction of sp³-hybridized carbons (Fsp3) is 0. The minimum absolute atomic E-state index is 0.188. The average molecular weight is 188 g/mol. The lowest BCUT2D eigenvalue weighted by Crippen LogP contribution is -2.00. The van der Waals surface area contributed by atoms with Gasteiger partial charge in [-0.2, -0.15) is 0 Å². The summed E-state index contributed by atoms with van der Waals surface area (Å²) < 4.78 is 0. The molecule has 0 saturated heterocycles. The Kier molecular flexibility index (Phi) is 1.81. The number of carbonyl (C=O) groups is 1. The molecule has 2 aromatic rings. The van der Waals surface area contributed by atoms with Crippen LogP contribution in [0.4, 0.5) is 5.69 Å². The van der Waals surface area contributed by atoms with Gasteiger partial charge >= 0.3 is 5.97 Å². The molecule has 0 unspecified atom stereocenters. The molecule has 0 saturated carbocycles. The standard InChI is InChI=1S/C10H8N2O2/c11-7-2-1-3-8-9(7)6(10(13)14)4-5-12-8/h1-5H,11H2,(H,13,14). The van der Waals surface area contributed by atoms with Gasteiger partial charge in [-0.05, 0) is 18.2 Å². The van der Waals surface area contributed by atoms with Crippen molar-refractivity contribution >= 4 is 22.6 Å². The molecule has 3 N–H and O–H groups in total. The summed E-state index contributed by atoms with van der Waals surface area (Å²) in [4.78, 5) is 14.9. The molecule has 0 aliphatic heterocycles. The van der Waals surface area contributed by atoms with E-state index in [4.69, 9.17) is 10.8 Å². The molecule has 1 aromatic heterocycles. The molecule has 1 aromatic carbocycles. The molecule has 0 bridgehead atoms. The molecule has 2 rings (SSSR count). The maximum atomic E-state index is 10.9. The summed E-state index contributed by atoms with van der Waals surface area (Å²) in [5.74, 6) is -0.990. The van der Waals surface area contributed by atoms with Crippen molar-refractivity contribution in [2.24, 2.45) is 0 Å². The second kappa shape index (κ2) is 2.99. The quantitative estimate of drug-likeness (QED) is 0.665. The first-order chi connectivity index (χ1) is 6.70. The van der Waals surface area contributed by atoms with Crippen molar-refractivity contribution in [3.8, 4) is 0 Å². The Morgan fingerprint density at radius 3 is 2.86 bits per heavy atom. The van der Waals surface area contributed by atoms with Gasteiger partial charge in [0.2, 0.25) is 0 Å². The highest BCUT2D eigenvalue weighted by atomic mass is 16.4. The van der Waals surface area contributed by atoms with Crippen molar-refractivity contribution < 1.29 is 9.90 Å². The molecule has 0 aliphatic rings. The van der Waals surface area contributed by atoms with Crippen molar-refractivity contribution in [3.05, 3.63) is 36.0 Å². The number of nitrogens with two attached hydrogens (primary N) is 1. The van der Waals surface area contributed by atoms with Gasteiger partial charge in [0.25, 0.3) is 0 Å². The summed E-state index contributed by atoms with van der Waals surface area (Å²) in [5.41, 5.74) is 6.92. The third-order valence-corrected chi connectivity index (χ3v) is 2.03. The van der Waals surface area contributed by atoms with Gasteiger partial charge in [0.1, 0.15) is 0 Å². The molecule has 0 amide bonds. The van der Waals surface area contributed by atoms with Crippen LogP contribution in [0.1, 0.15) is 10.4 Å². The summed E-state index contributed by atoms with van der Waals surface area (Å²) in [6, 6.07) is 6.59. The van der Waals surface area contributed by atoms with Gasteiger partial charge in [-0.1, -0.05) is 6.07 Å². The van der Waals surface area contributed by atoms with Gasteiger partial charge in [-0.15, -0.1) is 0 Å². The zero-order valence-electron chi connectivity index (χ0n) is 7.27. The largest absolute Gasteiger partial charge is 0.478 e. The van der Waals surface area contributed by atoms with Crippen LogP contribution in [-0.4, -0.2) is 16.1 Å². The van der Waals surface area contributed by atoms with E-state index in [-0.39, 0.29) is 5.56 Å². The number of pyridine rings is 1. The zero-order chi connectivity index (χ0) is 10.1. The van der Waals surface area contributed by atoms with Crippen LogP contribution in [0.2, 0.25) is 0 Å². The lowest BCUT2D eigenvalue weighted by atomic mass is 10.1. The van der Waals surface area contributed by atoms with Gasteiger partial charge in [0.05, 0.1) is 11.1 Å². The number of hydrogen-bond acceptors (Lipinski definition) is 3. The van der Waals surface area contributed by atoms with Crippen LogP contribution in [-0.2, 0) is 0 Å². The maximum absolute atomic E-state index is 10.9. The predicted molar refractivity (Wildman–Crippen MR) is 53.1 cm³/mol. The van der Waals surface area contributed by atoms with E-state index in [0.29, 0.717) is 16.6 Å². The number of anilines is 1. The first-order valence-electron chi connectivity index (χ1n) is 4.06. The molecule has 4 nitrogen and oxygen atoms in total. The topological polar surface area (TPSA) is 76.2 Å². The van der Waals surface area contributed by atoms with Crippen molar-refractivity contribution in [1.82, 2.24) is 4.98 Å². The molecule has 70 valence electrons. The minimum atomic E-state index is -0.990. The van der Waals surface area contributed by atoms with E-state index in [1.165, 1.54) is 12.3 Å². The minimum Gasteiger partial charge on any atom is -0.478 e. The number of nitrogens with zero attached hydrogens (tertiary/aromatic N) is 1. The Morgan fingerprint density at radius 2 is 2.14 bits per heavy atom. The van der Waals surface area contributed by atoms with Crippen molar-refractivity contribution in [2.45, 2.75) is 0 Å². The second-order valence-corrected chi connectivity index (χ2v) is 2.91. The number of nitrogen functional groups attached to an aromatic ring is 1. The monoisotopic (exact) mass is 188 g/mol. The number of carboxylic acids is 1. The molecule has 0 spiro atoms. The summed E-state index contributed by atoms with van der Waals surface area (Å²) in [6.07, 6.45) is 1.46. The van der Waals surface area contributed by atoms with Crippen LogP contribution in [0.15, 0.2) is 30.5 Å². The van der Waals surface area contributed by atoms with Crippen LogP contribution in [0.25, 0.3) is 10.9 Å². The Bertz CT molecular complexity index is 503. The fourth-order valence-electron chi connectivity index (χ4n) is 1.41. The number of carboxylic acid groups (broad SMARTS) is 1. The molecule has 0 radical (unpaired) electrons. The van der Waals surface area contributed by atoms with Gasteiger partial charge in [0.15, 0.2) is 0 Å². The fourth-order valence-corrected chi connectivity index (χ4v) is 1.41. The first-order valence-corrected chi connectivity index (χ1v) is 4.06. The van der Waals surface area contributed by atoms with Crippen LogP contribution in [0.5, 0.6) is 0 Å². The van der Waals surface area contributed by atoms with Crippen molar-refractivity contribution in [1.29, 1.82) is 0 Å². The van der Waals surface area contributed by atoms with Crippen LogP contribution < -0.4 is 5.73 Å². The Balaban J connectivity index is 2.91. The normalized spacial score (nSPS) is 10.3. The molecule has 0 atom stereocenters. The van der Waals surface area contributed by atoms with Crippen molar-refractivity contribution in [2.75, 3.05) is 5.73 Å². The SMILES string of the molecule is Nc1cccc2nccc(C(=O)O)c12. The third kappa shape index (κ3) is 1.17. The summed E-state index contributed by atoms with van der Waals surface area (Å²) >= 11 is 0. The third-order valence-electron chi connectivity index (χ3n) is 2.03. The summed E-state index contributed by atoms with van der Waals surface area (Å²) in [6.45, 7) is 0. The van der Waals surface area contributed by atoms with E-state index >= 15 is 0 Å². The smallest absolute Gasteiger partial charge is 0.336 e. The number of hydrogen-bond donors (Lipinski definition) is 2. The van der Waals surface area contributed by atoms with E-state index in [1.807, 2.05) is 0 Å². The van der Waals surface area contributed by atoms with Crippen LogP contribution in [0.3, 0.4) is 0 Å². The van der Waals surface area contributed by atoms with Crippen LogP contribution in [0, 0.1) is 0 Å². The molecule has 0 fully saturated rings. The molecular weight excluding hydrogens is 180 g/mol. The average Bonchev–Trinajstić information content (AvgIpc) is 2.17. The second-order valence-electron chi connectivity index (χ2n) is 2.91. The highest BCUT2D eigenvalue weighted by molar-refractivity contribution is 6.07. The molecule has 0 aliphatic carbocycles. The summed E-state index contributed by atoms with van der Waals surface area (Å²) in [5, 5.41) is 9.43. The molecule has 14 heavy (non-hydrogen) atoms. The first kappa shape index (κ1) is 8.50. The van der Waals surface area contributed by atoms with Gasteiger partial charge < -0.3 is 10.8 Å². The van der Waals surface area contributed by atoms with E-state index in [1.54, 1.807) is 18.2 Å². The van der Waals surface area contributed by atoms with E-state index in [2.05, 4.69) is 4.98 Å². The number of rotatable bonds is 1. The molecular formula is C10H8N2O2. The van der Waals surface area contributed by atoms with E-state index in [9.17, 15) is 4.79 Å². The van der Waals surface area contributed by atoms with Gasteiger partial charge in [-0.25, -0.2) is 4.79 Å². The Labute approximate surface area is 80.0 Å². The van der Waals surface area contributed by atoms with E-state index in [0.717, 1.165) is 0 Å². The number of benzene rings is 1. The summed E-state index contributed by atoms with van der Waals surface area (Å²) in [7, 11) is 0.